The van der Waals surface area contributed by atoms with Gasteiger partial charge in [0, 0.05) is 29.9 Å². The number of furan rings is 1. The number of nitrogens with two attached hydrogens (primary N) is 3. The summed E-state index contributed by atoms with van der Waals surface area (Å²) >= 11 is 0. The number of ketones is 1. The van der Waals surface area contributed by atoms with E-state index in [9.17, 15) is 19.5 Å². The minimum atomic E-state index is -0.435. The van der Waals surface area contributed by atoms with E-state index in [4.69, 9.17) is 26.4 Å². The van der Waals surface area contributed by atoms with Crippen LogP contribution in [0.5, 0.6) is 11.5 Å². The number of phenolic OH excluding ortho intramolecular Hbond substituents is 1. The summed E-state index contributed by atoms with van der Waals surface area (Å²) < 4.78 is 11.5. The third kappa shape index (κ3) is 5.90. The highest BCUT2D eigenvalue weighted by Gasteiger charge is 2.24. The summed E-state index contributed by atoms with van der Waals surface area (Å²) in [6.45, 7) is 0. The number of fused-ring (bicyclic) bond motifs is 1. The third-order valence-corrected chi connectivity index (χ3v) is 5.89. The Hall–Kier alpha value is -4.79. The van der Waals surface area contributed by atoms with E-state index in [-0.39, 0.29) is 41.3 Å². The minimum absolute atomic E-state index is 0.0215. The van der Waals surface area contributed by atoms with Crippen molar-refractivity contribution in [1.29, 1.82) is 0 Å². The number of hydrogen-bond donors (Lipinski definition) is 4. The second-order valence-electron chi connectivity index (χ2n) is 8.70. The largest absolute Gasteiger partial charge is 0.504 e. The monoisotopic (exact) mass is 501 g/mol. The highest BCUT2D eigenvalue weighted by Crippen LogP contribution is 2.35. The van der Waals surface area contributed by atoms with E-state index in [1.807, 2.05) is 30.3 Å². The molecule has 9 nitrogen and oxygen atoms in total. The normalized spacial score (nSPS) is 10.9. The van der Waals surface area contributed by atoms with Crippen LogP contribution in [0.25, 0.3) is 11.0 Å². The van der Waals surface area contributed by atoms with E-state index in [1.54, 1.807) is 18.2 Å². The van der Waals surface area contributed by atoms with Crippen molar-refractivity contribution in [2.24, 2.45) is 5.73 Å². The minimum Gasteiger partial charge on any atom is -0.504 e. The molecule has 0 fully saturated rings. The molecule has 190 valence electrons. The zero-order chi connectivity index (χ0) is 26.5. The fourth-order valence-corrected chi connectivity index (χ4v) is 4.09. The molecule has 0 saturated heterocycles. The maximum Gasteiger partial charge on any atom is 0.315 e. The highest BCUT2D eigenvalue weighted by atomic mass is 16.5. The molecule has 0 bridgehead atoms. The predicted molar refractivity (Wildman–Crippen MR) is 139 cm³/mol. The van der Waals surface area contributed by atoms with Crippen molar-refractivity contribution in [3.8, 4) is 11.5 Å². The maximum atomic E-state index is 13.6. The number of ether oxygens (including phenoxy) is 1. The summed E-state index contributed by atoms with van der Waals surface area (Å²) in [7, 11) is 0. The molecule has 0 aliphatic heterocycles. The van der Waals surface area contributed by atoms with Gasteiger partial charge < -0.3 is 31.5 Å². The lowest BCUT2D eigenvalue weighted by molar-refractivity contribution is -0.133. The summed E-state index contributed by atoms with van der Waals surface area (Å²) in [6.07, 6.45) is 1.78. The van der Waals surface area contributed by atoms with Gasteiger partial charge in [0.2, 0.25) is 5.91 Å². The van der Waals surface area contributed by atoms with Crippen molar-refractivity contribution in [3.05, 3.63) is 83.1 Å². The molecule has 0 saturated carbocycles. The summed E-state index contributed by atoms with van der Waals surface area (Å²) in [4.78, 5) is 37.1. The average Bonchev–Trinajstić information content (AvgIpc) is 3.22. The third-order valence-electron chi connectivity index (χ3n) is 5.89. The molecule has 9 heteroatoms. The van der Waals surface area contributed by atoms with E-state index in [0.29, 0.717) is 41.6 Å². The first-order chi connectivity index (χ1) is 17.7. The molecule has 0 atom stereocenters. The topological polar surface area (TPSA) is 172 Å². The van der Waals surface area contributed by atoms with Crippen LogP contribution in [-0.2, 0) is 22.4 Å². The van der Waals surface area contributed by atoms with Crippen molar-refractivity contribution in [1.82, 2.24) is 0 Å². The van der Waals surface area contributed by atoms with Crippen LogP contribution in [0.2, 0.25) is 0 Å². The van der Waals surface area contributed by atoms with Gasteiger partial charge >= 0.3 is 5.97 Å². The van der Waals surface area contributed by atoms with Crippen LogP contribution >= 0.6 is 0 Å². The number of hydrogen-bond acceptors (Lipinski definition) is 8. The van der Waals surface area contributed by atoms with Gasteiger partial charge in [0.25, 0.3) is 0 Å². The Morgan fingerprint density at radius 2 is 1.62 bits per heavy atom. The Morgan fingerprint density at radius 1 is 0.919 bits per heavy atom. The number of carbonyl (C=O) groups is 3. The standard InChI is InChI=1S/C28H27N3O6/c29-20-13-17(14-21(30)28(20)35)27(34)26-19-11-10-18(36-25(33)12-16-6-2-1-3-7-16)15-23(19)37-22(26)8-4-5-9-24(31)32/h1-3,6-7,10-11,13-15,35H,4-5,8-9,12,29-30H2,(H2,31,32). The highest BCUT2D eigenvalue weighted by molar-refractivity contribution is 6.17. The molecule has 1 heterocycles. The lowest BCUT2D eigenvalue weighted by Crippen LogP contribution is -2.11. The predicted octanol–water partition coefficient (Wildman–Crippen LogP) is 3.88. The number of phenols is 1. The molecule has 1 aromatic heterocycles. The van der Waals surface area contributed by atoms with Gasteiger partial charge in [-0.1, -0.05) is 30.3 Å². The molecule has 0 spiro atoms. The lowest BCUT2D eigenvalue weighted by Gasteiger charge is -2.08. The van der Waals surface area contributed by atoms with Crippen molar-refractivity contribution in [3.63, 3.8) is 0 Å². The molecule has 0 aliphatic rings. The van der Waals surface area contributed by atoms with E-state index in [2.05, 4.69) is 0 Å². The van der Waals surface area contributed by atoms with Crippen molar-refractivity contribution in [2.45, 2.75) is 32.1 Å². The summed E-state index contributed by atoms with van der Waals surface area (Å²) in [5.41, 5.74) is 18.5. The first-order valence-electron chi connectivity index (χ1n) is 11.7. The van der Waals surface area contributed by atoms with E-state index < -0.39 is 17.7 Å². The second kappa shape index (κ2) is 10.9. The first-order valence-corrected chi connectivity index (χ1v) is 11.7. The van der Waals surface area contributed by atoms with Crippen LogP contribution in [0.1, 0.15) is 46.5 Å². The lowest BCUT2D eigenvalue weighted by atomic mass is 9.97. The fourth-order valence-electron chi connectivity index (χ4n) is 4.09. The average molecular weight is 502 g/mol. The second-order valence-corrected chi connectivity index (χ2v) is 8.70. The van der Waals surface area contributed by atoms with Crippen molar-refractivity contribution < 1.29 is 28.6 Å². The molecule has 0 aliphatic carbocycles. The molecular formula is C28H27N3O6. The molecule has 4 aromatic rings. The van der Waals surface area contributed by atoms with Gasteiger partial charge in [-0.3, -0.25) is 14.4 Å². The van der Waals surface area contributed by atoms with Gasteiger partial charge in [0.05, 0.1) is 23.4 Å². The zero-order valence-electron chi connectivity index (χ0n) is 20.0. The van der Waals surface area contributed by atoms with Crippen LogP contribution < -0.4 is 21.9 Å². The quantitative estimate of drug-likeness (QED) is 0.0633. The molecule has 7 N–H and O–H groups in total. The SMILES string of the molecule is NC(=O)CCCCc1oc2cc(OC(=O)Cc3ccccc3)ccc2c1C(=O)c1cc(N)c(O)c(N)c1. The summed E-state index contributed by atoms with van der Waals surface area (Å²) in [6, 6.07) is 16.7. The molecule has 1 amide bonds. The number of esters is 1. The van der Waals surface area contributed by atoms with E-state index in [1.165, 1.54) is 12.1 Å². The Morgan fingerprint density at radius 3 is 2.30 bits per heavy atom. The molecule has 0 unspecified atom stereocenters. The van der Waals surface area contributed by atoms with Gasteiger partial charge in [-0.15, -0.1) is 0 Å². The van der Waals surface area contributed by atoms with Gasteiger partial charge in [-0.2, -0.15) is 0 Å². The van der Waals surface area contributed by atoms with Crippen LogP contribution in [0.3, 0.4) is 0 Å². The number of amides is 1. The van der Waals surface area contributed by atoms with Crippen LogP contribution in [-0.4, -0.2) is 22.8 Å². The van der Waals surface area contributed by atoms with Crippen LogP contribution in [0.4, 0.5) is 11.4 Å². The molecule has 37 heavy (non-hydrogen) atoms. The fraction of sp³-hybridized carbons (Fsp3) is 0.179. The molecule has 4 rings (SSSR count). The molecule has 3 aromatic carbocycles. The number of anilines is 2. The van der Waals surface area contributed by atoms with Gasteiger partial charge in [-0.25, -0.2) is 0 Å². The number of aromatic hydroxyl groups is 1. The van der Waals surface area contributed by atoms with E-state index >= 15 is 0 Å². The number of aryl methyl sites for hydroxylation is 1. The van der Waals surface area contributed by atoms with Crippen LogP contribution in [0.15, 0.2) is 65.1 Å². The summed E-state index contributed by atoms with van der Waals surface area (Å²) in [5.74, 6) is -0.840. The number of carbonyl (C=O) groups excluding carboxylic acids is 3. The van der Waals surface area contributed by atoms with Crippen molar-refractivity contribution in [2.75, 3.05) is 11.5 Å². The zero-order valence-corrected chi connectivity index (χ0v) is 20.0. The van der Waals surface area contributed by atoms with Crippen LogP contribution in [0, 0.1) is 0 Å². The van der Waals surface area contributed by atoms with Gasteiger partial charge in [0.1, 0.15) is 17.1 Å². The first kappa shape index (κ1) is 25.3. The number of benzene rings is 3. The summed E-state index contributed by atoms with van der Waals surface area (Å²) in [5, 5.41) is 10.4. The Labute approximate surface area is 212 Å². The number of unbranched alkanes of at least 4 members (excludes halogenated alkanes) is 1. The van der Waals surface area contributed by atoms with Gasteiger partial charge in [-0.05, 0) is 42.7 Å². The molecule has 0 radical (unpaired) electrons. The van der Waals surface area contributed by atoms with Gasteiger partial charge in [0.15, 0.2) is 11.5 Å². The molecular weight excluding hydrogens is 474 g/mol. The Bertz CT molecular complexity index is 1450. The Balaban J connectivity index is 1.65. The number of rotatable bonds is 10. The smallest absolute Gasteiger partial charge is 0.315 e. The number of primary amides is 1. The number of nitrogen functional groups attached to an aromatic ring is 2. The van der Waals surface area contributed by atoms with E-state index in [0.717, 1.165) is 5.56 Å². The maximum absolute atomic E-state index is 13.6. The Kier molecular flexibility index (Phi) is 7.43. The van der Waals surface area contributed by atoms with Crippen molar-refractivity contribution >= 4 is 40.0 Å².